The fourth-order valence-electron chi connectivity index (χ4n) is 0.429. The molecule has 0 atom stereocenters. The van der Waals surface area contributed by atoms with Gasteiger partial charge in [0.2, 0.25) is 0 Å². The molecule has 0 aliphatic carbocycles. The summed E-state index contributed by atoms with van der Waals surface area (Å²) in [6.07, 6.45) is 4.35. The van der Waals surface area contributed by atoms with Gasteiger partial charge in [-0.15, -0.1) is 0 Å². The van der Waals surface area contributed by atoms with E-state index in [0.717, 1.165) is 0 Å². The van der Waals surface area contributed by atoms with E-state index in [1.54, 1.807) is 24.4 Å². The van der Waals surface area contributed by atoms with E-state index < -0.39 is 0 Å². The van der Waals surface area contributed by atoms with Gasteiger partial charge in [-0.2, -0.15) is 10.5 Å². The molecule has 1 heterocycles. The molecule has 3 nitrogen and oxygen atoms in total. The van der Waals surface area contributed by atoms with Crippen LogP contribution < -0.4 is 0 Å². The van der Waals surface area contributed by atoms with E-state index in [-0.39, 0.29) is 0 Å². The standard InChI is InChI=1S/C6H4N2.C3H3N/c7-4-6-2-1-3-8-5-6;1-2-3-4/h1-3,5H;2H,1H2. The molecule has 0 aliphatic rings. The second-order valence-electron chi connectivity index (χ2n) is 1.69. The Morgan fingerprint density at radius 3 is 2.42 bits per heavy atom. The molecule has 12 heavy (non-hydrogen) atoms. The van der Waals surface area contributed by atoms with E-state index in [2.05, 4.69) is 11.6 Å². The summed E-state index contributed by atoms with van der Waals surface area (Å²) in [5, 5.41) is 15.8. The van der Waals surface area contributed by atoms with Crippen LogP contribution in [0.4, 0.5) is 0 Å². The third kappa shape index (κ3) is 4.72. The number of nitrogens with zero attached hydrogens (tertiary/aromatic N) is 3. The Kier molecular flexibility index (Phi) is 5.74. The zero-order valence-electron chi connectivity index (χ0n) is 6.44. The summed E-state index contributed by atoms with van der Waals surface area (Å²) in [6.45, 7) is 3.12. The smallest absolute Gasteiger partial charge is 0.101 e. The van der Waals surface area contributed by atoms with Crippen molar-refractivity contribution >= 4 is 0 Å². The molecule has 0 fully saturated rings. The molecule has 0 radical (unpaired) electrons. The third-order valence-corrected chi connectivity index (χ3v) is 0.882. The molecule has 0 amide bonds. The van der Waals surface area contributed by atoms with Crippen molar-refractivity contribution in [2.24, 2.45) is 0 Å². The molecule has 58 valence electrons. The summed E-state index contributed by atoms with van der Waals surface area (Å²) in [7, 11) is 0. The number of nitriles is 2. The van der Waals surface area contributed by atoms with Gasteiger partial charge in [-0.05, 0) is 12.1 Å². The highest BCUT2D eigenvalue weighted by Crippen LogP contribution is 1.89. The second-order valence-corrected chi connectivity index (χ2v) is 1.69. The first kappa shape index (κ1) is 9.87. The highest BCUT2D eigenvalue weighted by molar-refractivity contribution is 5.23. The first-order chi connectivity index (χ1) is 5.85. The zero-order valence-corrected chi connectivity index (χ0v) is 6.44. The van der Waals surface area contributed by atoms with Crippen molar-refractivity contribution in [2.45, 2.75) is 0 Å². The van der Waals surface area contributed by atoms with Gasteiger partial charge in [0.15, 0.2) is 0 Å². The largest absolute Gasteiger partial charge is 0.263 e. The van der Waals surface area contributed by atoms with Crippen LogP contribution in [0.1, 0.15) is 5.56 Å². The molecule has 1 rings (SSSR count). The molecule has 1 aromatic heterocycles. The van der Waals surface area contributed by atoms with Crippen molar-refractivity contribution in [1.82, 2.24) is 4.98 Å². The van der Waals surface area contributed by atoms with Crippen molar-refractivity contribution in [1.29, 1.82) is 10.5 Å². The molecule has 0 saturated heterocycles. The second kappa shape index (κ2) is 6.98. The fraction of sp³-hybridized carbons (Fsp3) is 0. The minimum absolute atomic E-state index is 0.604. The maximum atomic E-state index is 8.25. The van der Waals surface area contributed by atoms with Gasteiger partial charge >= 0.3 is 0 Å². The van der Waals surface area contributed by atoms with Gasteiger partial charge < -0.3 is 0 Å². The number of rotatable bonds is 0. The molecule has 0 unspecified atom stereocenters. The molecule has 0 aromatic carbocycles. The van der Waals surface area contributed by atoms with Gasteiger partial charge in [0.25, 0.3) is 0 Å². The topological polar surface area (TPSA) is 60.5 Å². The Labute approximate surface area is 71.2 Å². The molecule has 0 bridgehead atoms. The van der Waals surface area contributed by atoms with Crippen LogP contribution in [0.5, 0.6) is 0 Å². The van der Waals surface area contributed by atoms with Crippen molar-refractivity contribution in [3.63, 3.8) is 0 Å². The monoisotopic (exact) mass is 157 g/mol. The molecular formula is C9H7N3. The van der Waals surface area contributed by atoms with Crippen LogP contribution in [0.2, 0.25) is 0 Å². The van der Waals surface area contributed by atoms with Gasteiger partial charge in [0, 0.05) is 18.5 Å². The predicted octanol–water partition coefficient (Wildman–Crippen LogP) is 1.65. The lowest BCUT2D eigenvalue weighted by molar-refractivity contribution is 1.30. The first-order valence-corrected chi connectivity index (χ1v) is 3.15. The van der Waals surface area contributed by atoms with Gasteiger partial charge in [0.1, 0.15) is 6.07 Å². The SMILES string of the molecule is C=CC#N.N#Cc1cccnc1. The summed E-state index contributed by atoms with van der Waals surface area (Å²) >= 11 is 0. The van der Waals surface area contributed by atoms with Crippen LogP contribution in [0, 0.1) is 22.7 Å². The van der Waals surface area contributed by atoms with E-state index >= 15 is 0 Å². The van der Waals surface area contributed by atoms with Gasteiger partial charge in [-0.1, -0.05) is 6.58 Å². The molecular weight excluding hydrogens is 150 g/mol. The quantitative estimate of drug-likeness (QED) is 0.538. The molecule has 0 aliphatic heterocycles. The predicted molar refractivity (Wildman–Crippen MR) is 44.8 cm³/mol. The number of hydrogen-bond acceptors (Lipinski definition) is 3. The van der Waals surface area contributed by atoms with Crippen LogP contribution in [0.15, 0.2) is 37.2 Å². The number of allylic oxidation sites excluding steroid dienone is 1. The van der Waals surface area contributed by atoms with Crippen molar-refractivity contribution in [3.05, 3.63) is 42.7 Å². The normalized spacial score (nSPS) is 6.50. The zero-order chi connectivity index (χ0) is 9.23. The average Bonchev–Trinajstić information content (AvgIpc) is 2.19. The molecule has 0 N–H and O–H groups in total. The Bertz CT molecular complexity index is 303. The van der Waals surface area contributed by atoms with Gasteiger partial charge in [-0.25, -0.2) is 0 Å². The number of hydrogen-bond donors (Lipinski definition) is 0. The first-order valence-electron chi connectivity index (χ1n) is 3.15. The van der Waals surface area contributed by atoms with Crippen LogP contribution in [0.25, 0.3) is 0 Å². The maximum absolute atomic E-state index is 8.25. The fourth-order valence-corrected chi connectivity index (χ4v) is 0.429. The van der Waals surface area contributed by atoms with E-state index in [0.29, 0.717) is 5.56 Å². The Hall–Kier alpha value is -2.13. The summed E-state index contributed by atoms with van der Waals surface area (Å²) in [4.78, 5) is 3.73. The van der Waals surface area contributed by atoms with Crippen LogP contribution in [-0.2, 0) is 0 Å². The van der Waals surface area contributed by atoms with E-state index in [4.69, 9.17) is 10.5 Å². The summed E-state index contributed by atoms with van der Waals surface area (Å²) in [6, 6.07) is 7.11. The molecule has 3 heteroatoms. The van der Waals surface area contributed by atoms with E-state index in [9.17, 15) is 0 Å². The average molecular weight is 157 g/mol. The van der Waals surface area contributed by atoms with Crippen molar-refractivity contribution in [2.75, 3.05) is 0 Å². The third-order valence-electron chi connectivity index (χ3n) is 0.882. The summed E-state index contributed by atoms with van der Waals surface area (Å²) < 4.78 is 0. The lowest BCUT2D eigenvalue weighted by atomic mass is 10.3. The van der Waals surface area contributed by atoms with Crippen LogP contribution in [-0.4, -0.2) is 4.98 Å². The highest BCUT2D eigenvalue weighted by Gasteiger charge is 1.80. The Balaban J connectivity index is 0.000000261. The summed E-state index contributed by atoms with van der Waals surface area (Å²) in [5.41, 5.74) is 0.604. The number of pyridine rings is 1. The van der Waals surface area contributed by atoms with Gasteiger partial charge in [0.05, 0.1) is 11.6 Å². The Morgan fingerprint density at radius 2 is 2.17 bits per heavy atom. The highest BCUT2D eigenvalue weighted by atomic mass is 14.6. The minimum atomic E-state index is 0.604. The lowest BCUT2D eigenvalue weighted by Gasteiger charge is -1.79. The van der Waals surface area contributed by atoms with Crippen LogP contribution in [0.3, 0.4) is 0 Å². The minimum Gasteiger partial charge on any atom is -0.263 e. The summed E-state index contributed by atoms with van der Waals surface area (Å²) in [5.74, 6) is 0. The van der Waals surface area contributed by atoms with Crippen molar-refractivity contribution in [3.8, 4) is 12.1 Å². The van der Waals surface area contributed by atoms with Crippen molar-refractivity contribution < 1.29 is 0 Å². The van der Waals surface area contributed by atoms with E-state index in [1.165, 1.54) is 12.3 Å². The molecule has 0 spiro atoms. The Morgan fingerprint density at radius 1 is 1.50 bits per heavy atom. The maximum Gasteiger partial charge on any atom is 0.101 e. The van der Waals surface area contributed by atoms with Crippen LogP contribution >= 0.6 is 0 Å². The number of aromatic nitrogens is 1. The van der Waals surface area contributed by atoms with Gasteiger partial charge in [-0.3, -0.25) is 4.98 Å². The molecule has 1 aromatic rings. The van der Waals surface area contributed by atoms with E-state index in [1.807, 2.05) is 6.07 Å². The molecule has 0 saturated carbocycles. The lowest BCUT2D eigenvalue weighted by Crippen LogP contribution is -1.72.